The van der Waals surface area contributed by atoms with Crippen LogP contribution in [0.25, 0.3) is 17.0 Å². The smallest absolute Gasteiger partial charge is 0.252 e. The van der Waals surface area contributed by atoms with Gasteiger partial charge in [0.2, 0.25) is 6.20 Å². The second-order valence-electron chi connectivity index (χ2n) is 3.24. The number of aliphatic imine (C=N–C) groups is 1. The first-order valence-electron chi connectivity index (χ1n) is 4.52. The molecule has 2 heteroatoms. The molecule has 0 unspecified atom stereocenters. The third-order valence-corrected chi connectivity index (χ3v) is 2.39. The van der Waals surface area contributed by atoms with Crippen molar-refractivity contribution in [3.05, 3.63) is 47.8 Å². The lowest BCUT2D eigenvalue weighted by molar-refractivity contribution is 1.36. The summed E-state index contributed by atoms with van der Waals surface area (Å²) in [6.07, 6.45) is 7.49. The van der Waals surface area contributed by atoms with E-state index >= 15 is 0 Å². The standard InChI is InChI=1S/C12H8N2/c1-2-10-4-3-9-5-7-13-8-11(9)12(10)14-6-1/h1-8H/q+1. The molecule has 1 radical (unpaired) electrons. The minimum absolute atomic E-state index is 1.03. The highest BCUT2D eigenvalue weighted by atomic mass is 14.7. The number of pyridine rings is 1. The van der Waals surface area contributed by atoms with Gasteiger partial charge in [-0.05, 0) is 11.6 Å². The maximum atomic E-state index is 4.37. The van der Waals surface area contributed by atoms with Crippen molar-refractivity contribution in [1.29, 1.82) is 0 Å². The van der Waals surface area contributed by atoms with Gasteiger partial charge in [-0.25, -0.2) is 0 Å². The van der Waals surface area contributed by atoms with Crippen LogP contribution in [0.4, 0.5) is 0 Å². The number of fused-ring (bicyclic) bond motifs is 3. The van der Waals surface area contributed by atoms with Crippen molar-refractivity contribution < 1.29 is 0 Å². The van der Waals surface area contributed by atoms with E-state index in [2.05, 4.69) is 28.2 Å². The molecule has 1 aromatic heterocycles. The van der Waals surface area contributed by atoms with E-state index in [0.717, 1.165) is 16.5 Å². The van der Waals surface area contributed by atoms with Gasteiger partial charge in [0.25, 0.3) is 6.21 Å². The Labute approximate surface area is 81.6 Å². The highest BCUT2D eigenvalue weighted by Crippen LogP contribution is 2.20. The molecule has 65 valence electrons. The molecule has 0 bridgehead atoms. The van der Waals surface area contributed by atoms with E-state index in [0.29, 0.717) is 0 Å². The van der Waals surface area contributed by atoms with E-state index in [1.165, 1.54) is 5.56 Å². The summed E-state index contributed by atoms with van der Waals surface area (Å²) in [6, 6.07) is 8.20. The molecule has 1 aliphatic heterocycles. The normalized spacial score (nSPS) is 13.1. The number of benzene rings is 1. The molecule has 0 N–H and O–H groups in total. The van der Waals surface area contributed by atoms with Crippen molar-refractivity contribution in [3.8, 4) is 0 Å². The van der Waals surface area contributed by atoms with E-state index in [1.807, 2.05) is 24.6 Å². The van der Waals surface area contributed by atoms with E-state index in [1.54, 1.807) is 6.20 Å². The van der Waals surface area contributed by atoms with Crippen LogP contribution in [0.15, 0.2) is 36.7 Å². The molecular weight excluding hydrogens is 172 g/mol. The number of rotatable bonds is 0. The predicted octanol–water partition coefficient (Wildman–Crippen LogP) is 1.97. The van der Waals surface area contributed by atoms with Gasteiger partial charge in [0.15, 0.2) is 0 Å². The molecular formula is C12H8N2+. The van der Waals surface area contributed by atoms with Crippen LogP contribution in [0, 0.1) is 0 Å². The third kappa shape index (κ3) is 0.973. The molecule has 2 heterocycles. The fraction of sp³-hybridized carbons (Fsp3) is 0. The Morgan fingerprint density at radius 1 is 1.14 bits per heavy atom. The quantitative estimate of drug-likeness (QED) is 0.609. The molecule has 0 saturated carbocycles. The lowest BCUT2D eigenvalue weighted by Crippen LogP contribution is -1.98. The summed E-state index contributed by atoms with van der Waals surface area (Å²) in [5, 5.41) is 1.16. The topological polar surface area (TPSA) is 27.0 Å². The van der Waals surface area contributed by atoms with Gasteiger partial charge in [-0.1, -0.05) is 18.2 Å². The first-order chi connectivity index (χ1) is 6.95. The molecule has 1 aliphatic rings. The molecule has 2 nitrogen and oxygen atoms in total. The molecule has 0 atom stereocenters. The van der Waals surface area contributed by atoms with Crippen molar-refractivity contribution in [2.45, 2.75) is 0 Å². The van der Waals surface area contributed by atoms with Crippen LogP contribution in [-0.2, 0) is 0 Å². The Morgan fingerprint density at radius 3 is 3.14 bits per heavy atom. The summed E-state index contributed by atoms with van der Waals surface area (Å²) in [5.74, 6) is 0. The third-order valence-electron chi connectivity index (χ3n) is 2.39. The Balaban J connectivity index is 2.47. The lowest BCUT2D eigenvalue weighted by atomic mass is 10.0. The fourth-order valence-electron chi connectivity index (χ4n) is 1.71. The summed E-state index contributed by atoms with van der Waals surface area (Å²) in [6.45, 7) is 0. The largest absolute Gasteiger partial charge is 0.255 e. The van der Waals surface area contributed by atoms with Crippen LogP contribution in [0.3, 0.4) is 0 Å². The van der Waals surface area contributed by atoms with Gasteiger partial charge in [-0.15, -0.1) is 0 Å². The fourth-order valence-corrected chi connectivity index (χ4v) is 1.71. The lowest BCUT2D eigenvalue weighted by Gasteiger charge is -2.02. The summed E-state index contributed by atoms with van der Waals surface area (Å²) in [7, 11) is 0. The molecule has 2 aromatic rings. The van der Waals surface area contributed by atoms with E-state index in [-0.39, 0.29) is 0 Å². The average molecular weight is 180 g/mol. The van der Waals surface area contributed by atoms with Gasteiger partial charge in [0.05, 0.1) is 16.1 Å². The van der Waals surface area contributed by atoms with Gasteiger partial charge in [-0.3, -0.25) is 4.98 Å². The van der Waals surface area contributed by atoms with Crippen molar-refractivity contribution >= 4 is 23.2 Å². The monoisotopic (exact) mass is 180 g/mol. The van der Waals surface area contributed by atoms with E-state index < -0.39 is 0 Å². The second kappa shape index (κ2) is 2.77. The Kier molecular flexibility index (Phi) is 1.47. The summed E-state index contributed by atoms with van der Waals surface area (Å²) < 4.78 is 0. The highest BCUT2D eigenvalue weighted by Gasteiger charge is 2.11. The first kappa shape index (κ1) is 7.44. The van der Waals surface area contributed by atoms with Gasteiger partial charge in [0, 0.05) is 17.7 Å². The predicted molar refractivity (Wildman–Crippen MR) is 58.1 cm³/mol. The highest BCUT2D eigenvalue weighted by molar-refractivity contribution is 6.01. The molecule has 0 amide bonds. The minimum atomic E-state index is 1.03. The Bertz CT molecular complexity index is 553. The summed E-state index contributed by atoms with van der Waals surface area (Å²) in [4.78, 5) is 8.49. The zero-order chi connectivity index (χ0) is 9.38. The van der Waals surface area contributed by atoms with Crippen LogP contribution in [-0.4, -0.2) is 11.2 Å². The van der Waals surface area contributed by atoms with Gasteiger partial charge < -0.3 is 0 Å². The number of aromatic nitrogens is 1. The van der Waals surface area contributed by atoms with Crippen molar-refractivity contribution in [2.75, 3.05) is 0 Å². The van der Waals surface area contributed by atoms with Crippen LogP contribution < -0.4 is 4.99 Å². The van der Waals surface area contributed by atoms with Gasteiger partial charge in [0.1, 0.15) is 0 Å². The molecule has 0 saturated heterocycles. The summed E-state index contributed by atoms with van der Waals surface area (Å²) >= 11 is 0. The van der Waals surface area contributed by atoms with Crippen molar-refractivity contribution in [1.82, 2.24) is 9.98 Å². The van der Waals surface area contributed by atoms with Gasteiger partial charge in [-0.2, -0.15) is 0 Å². The zero-order valence-corrected chi connectivity index (χ0v) is 7.51. The van der Waals surface area contributed by atoms with Crippen LogP contribution in [0.5, 0.6) is 0 Å². The number of hydrogen-bond donors (Lipinski definition) is 0. The molecule has 14 heavy (non-hydrogen) atoms. The zero-order valence-electron chi connectivity index (χ0n) is 7.51. The van der Waals surface area contributed by atoms with Crippen LogP contribution in [0.2, 0.25) is 0 Å². The first-order valence-corrected chi connectivity index (χ1v) is 4.52. The Morgan fingerprint density at radius 2 is 2.14 bits per heavy atom. The van der Waals surface area contributed by atoms with E-state index in [4.69, 9.17) is 0 Å². The van der Waals surface area contributed by atoms with Crippen LogP contribution >= 0.6 is 0 Å². The SMILES string of the molecule is C1=Cc2ccc3cccnc3c2C=[N+]1. The molecule has 3 rings (SSSR count). The van der Waals surface area contributed by atoms with E-state index in [9.17, 15) is 0 Å². The average Bonchev–Trinajstić information content (AvgIpc) is 2.29. The van der Waals surface area contributed by atoms with Gasteiger partial charge >= 0.3 is 0 Å². The molecule has 0 fully saturated rings. The van der Waals surface area contributed by atoms with Crippen molar-refractivity contribution in [2.24, 2.45) is 0 Å². The van der Waals surface area contributed by atoms with Crippen molar-refractivity contribution in [3.63, 3.8) is 0 Å². The maximum absolute atomic E-state index is 4.37. The number of nitrogens with zero attached hydrogens (tertiary/aromatic N) is 2. The molecule has 0 aliphatic carbocycles. The Hall–Kier alpha value is -1.96. The second-order valence-corrected chi connectivity index (χ2v) is 3.24. The maximum Gasteiger partial charge on any atom is 0.252 e. The molecule has 0 spiro atoms. The minimum Gasteiger partial charge on any atom is -0.255 e. The van der Waals surface area contributed by atoms with Crippen LogP contribution in [0.1, 0.15) is 11.1 Å². The molecule has 1 aromatic carbocycles. The summed E-state index contributed by atoms with van der Waals surface area (Å²) in [5.41, 5.74) is 3.33. The number of hydrogen-bond acceptors (Lipinski definition) is 2.